The summed E-state index contributed by atoms with van der Waals surface area (Å²) in [6.45, 7) is 3.65. The first-order chi connectivity index (χ1) is 8.31. The highest BCUT2D eigenvalue weighted by atomic mass is 35.5. The van der Waals surface area contributed by atoms with Gasteiger partial charge in [-0.05, 0) is 38.1 Å². The Kier molecular flexibility index (Phi) is 6.97. The Hall–Kier alpha value is -0.320. The first-order valence-corrected chi connectivity index (χ1v) is 6.82. The van der Waals surface area contributed by atoms with Crippen molar-refractivity contribution in [2.24, 2.45) is 5.92 Å². The van der Waals surface area contributed by atoms with Gasteiger partial charge < -0.3 is 15.0 Å². The molecule has 2 aliphatic rings. The van der Waals surface area contributed by atoms with Crippen LogP contribution < -0.4 is 5.32 Å². The molecule has 0 aromatic carbocycles. The topological polar surface area (TPSA) is 41.6 Å². The molecular formula is C13H25ClN2O2. The number of hydrogen-bond donors (Lipinski definition) is 1. The summed E-state index contributed by atoms with van der Waals surface area (Å²) in [5.41, 5.74) is 0. The molecule has 1 N–H and O–H groups in total. The smallest absolute Gasteiger partial charge is 0.239 e. The molecule has 18 heavy (non-hydrogen) atoms. The van der Waals surface area contributed by atoms with Crippen molar-refractivity contribution in [1.29, 1.82) is 0 Å². The van der Waals surface area contributed by atoms with E-state index >= 15 is 0 Å². The van der Waals surface area contributed by atoms with Gasteiger partial charge in [0, 0.05) is 26.8 Å². The standard InChI is InChI=1S/C13H24N2O2.ClH/c1-17-10-11-5-8-15(9-6-11)13(16)12-4-2-3-7-14-12;/h11-12,14H,2-10H2,1H3;1H. The van der Waals surface area contributed by atoms with Crippen LogP contribution in [0.5, 0.6) is 0 Å². The molecule has 5 heteroatoms. The van der Waals surface area contributed by atoms with E-state index in [4.69, 9.17) is 4.74 Å². The molecule has 1 amide bonds. The number of nitrogens with one attached hydrogen (secondary N) is 1. The minimum atomic E-state index is 0. The third kappa shape index (κ3) is 4.11. The summed E-state index contributed by atoms with van der Waals surface area (Å²) < 4.78 is 5.18. The van der Waals surface area contributed by atoms with Crippen LogP contribution in [0, 0.1) is 5.92 Å². The second-order valence-electron chi connectivity index (χ2n) is 5.23. The van der Waals surface area contributed by atoms with Gasteiger partial charge in [0.2, 0.25) is 5.91 Å². The molecule has 2 saturated heterocycles. The Morgan fingerprint density at radius 3 is 2.56 bits per heavy atom. The average Bonchev–Trinajstić information content (AvgIpc) is 2.40. The molecule has 4 nitrogen and oxygen atoms in total. The third-order valence-corrected chi connectivity index (χ3v) is 3.94. The molecule has 0 aromatic rings. The fraction of sp³-hybridized carbons (Fsp3) is 0.923. The summed E-state index contributed by atoms with van der Waals surface area (Å²) in [5, 5.41) is 3.34. The molecule has 2 rings (SSSR count). The average molecular weight is 277 g/mol. The number of hydrogen-bond acceptors (Lipinski definition) is 3. The number of likely N-dealkylation sites (tertiary alicyclic amines) is 1. The van der Waals surface area contributed by atoms with Crippen LogP contribution in [0.1, 0.15) is 32.1 Å². The number of rotatable bonds is 3. The van der Waals surface area contributed by atoms with Crippen LogP contribution in [0.2, 0.25) is 0 Å². The zero-order valence-corrected chi connectivity index (χ0v) is 12.0. The van der Waals surface area contributed by atoms with Crippen molar-refractivity contribution in [1.82, 2.24) is 10.2 Å². The van der Waals surface area contributed by atoms with Crippen LogP contribution in [0.25, 0.3) is 0 Å². The Balaban J connectivity index is 0.00000162. The lowest BCUT2D eigenvalue weighted by Gasteiger charge is -2.35. The van der Waals surface area contributed by atoms with Crippen molar-refractivity contribution in [3.8, 4) is 0 Å². The van der Waals surface area contributed by atoms with Crippen molar-refractivity contribution in [2.45, 2.75) is 38.1 Å². The number of carbonyl (C=O) groups excluding carboxylic acids is 1. The summed E-state index contributed by atoms with van der Waals surface area (Å²) in [7, 11) is 1.75. The summed E-state index contributed by atoms with van der Waals surface area (Å²) in [6.07, 6.45) is 5.58. The molecule has 0 radical (unpaired) electrons. The number of nitrogens with zero attached hydrogens (tertiary/aromatic N) is 1. The molecule has 1 atom stereocenters. The minimum absolute atomic E-state index is 0. The molecule has 2 heterocycles. The van der Waals surface area contributed by atoms with Crippen LogP contribution in [0.3, 0.4) is 0 Å². The van der Waals surface area contributed by atoms with Gasteiger partial charge in [-0.3, -0.25) is 4.79 Å². The second-order valence-corrected chi connectivity index (χ2v) is 5.23. The van der Waals surface area contributed by atoms with Crippen molar-refractivity contribution in [3.05, 3.63) is 0 Å². The maximum atomic E-state index is 12.2. The number of methoxy groups -OCH3 is 1. The SMILES string of the molecule is COCC1CCN(C(=O)C2CCCCN2)CC1.Cl. The molecular weight excluding hydrogens is 252 g/mol. The fourth-order valence-electron chi connectivity index (χ4n) is 2.84. The monoisotopic (exact) mass is 276 g/mol. The normalized spacial score (nSPS) is 25.6. The van der Waals surface area contributed by atoms with Gasteiger partial charge in [0.05, 0.1) is 6.04 Å². The van der Waals surface area contributed by atoms with E-state index in [2.05, 4.69) is 5.32 Å². The highest BCUT2D eigenvalue weighted by molar-refractivity contribution is 5.85. The van der Waals surface area contributed by atoms with E-state index in [0.717, 1.165) is 45.5 Å². The number of amides is 1. The zero-order chi connectivity index (χ0) is 12.1. The van der Waals surface area contributed by atoms with Crippen LogP contribution in [0.4, 0.5) is 0 Å². The maximum absolute atomic E-state index is 12.2. The largest absolute Gasteiger partial charge is 0.384 e. The van der Waals surface area contributed by atoms with Gasteiger partial charge in [-0.1, -0.05) is 6.42 Å². The highest BCUT2D eigenvalue weighted by Gasteiger charge is 2.28. The van der Waals surface area contributed by atoms with E-state index in [-0.39, 0.29) is 18.4 Å². The molecule has 0 spiro atoms. The Morgan fingerprint density at radius 1 is 1.28 bits per heavy atom. The second kappa shape index (κ2) is 7.97. The van der Waals surface area contributed by atoms with Gasteiger partial charge >= 0.3 is 0 Å². The van der Waals surface area contributed by atoms with Crippen LogP contribution in [-0.2, 0) is 9.53 Å². The zero-order valence-electron chi connectivity index (χ0n) is 11.2. The van der Waals surface area contributed by atoms with Crippen LogP contribution in [0.15, 0.2) is 0 Å². The van der Waals surface area contributed by atoms with Crippen molar-refractivity contribution < 1.29 is 9.53 Å². The number of carbonyl (C=O) groups is 1. The Labute approximate surface area is 116 Å². The lowest BCUT2D eigenvalue weighted by Crippen LogP contribution is -2.50. The van der Waals surface area contributed by atoms with Crippen LogP contribution >= 0.6 is 12.4 Å². The number of halogens is 1. The molecule has 0 aromatic heterocycles. The molecule has 1 unspecified atom stereocenters. The van der Waals surface area contributed by atoms with Gasteiger partial charge in [-0.2, -0.15) is 0 Å². The predicted octanol–water partition coefficient (Wildman–Crippen LogP) is 1.44. The van der Waals surface area contributed by atoms with E-state index < -0.39 is 0 Å². The van der Waals surface area contributed by atoms with E-state index in [1.165, 1.54) is 12.8 Å². The van der Waals surface area contributed by atoms with E-state index in [1.54, 1.807) is 7.11 Å². The quantitative estimate of drug-likeness (QED) is 0.848. The molecule has 106 valence electrons. The summed E-state index contributed by atoms with van der Waals surface area (Å²) in [6, 6.07) is 0.0859. The predicted molar refractivity (Wildman–Crippen MR) is 74.1 cm³/mol. The van der Waals surface area contributed by atoms with Gasteiger partial charge in [0.1, 0.15) is 0 Å². The fourth-order valence-corrected chi connectivity index (χ4v) is 2.84. The van der Waals surface area contributed by atoms with Crippen molar-refractivity contribution in [2.75, 3.05) is 33.4 Å². The van der Waals surface area contributed by atoms with Crippen LogP contribution in [-0.4, -0.2) is 50.2 Å². The van der Waals surface area contributed by atoms with Gasteiger partial charge in [0.15, 0.2) is 0 Å². The van der Waals surface area contributed by atoms with Crippen molar-refractivity contribution in [3.63, 3.8) is 0 Å². The highest BCUT2D eigenvalue weighted by Crippen LogP contribution is 2.19. The van der Waals surface area contributed by atoms with Crippen molar-refractivity contribution >= 4 is 18.3 Å². The number of ether oxygens (including phenoxy) is 1. The molecule has 0 bridgehead atoms. The molecule has 2 aliphatic heterocycles. The van der Waals surface area contributed by atoms with Gasteiger partial charge in [-0.15, -0.1) is 12.4 Å². The Morgan fingerprint density at radius 2 is 2.00 bits per heavy atom. The van der Waals surface area contributed by atoms with E-state index in [1.807, 2.05) is 4.90 Å². The number of piperidine rings is 2. The lowest BCUT2D eigenvalue weighted by atomic mass is 9.96. The minimum Gasteiger partial charge on any atom is -0.384 e. The Bertz CT molecular complexity index is 249. The summed E-state index contributed by atoms with van der Waals surface area (Å²) in [5.74, 6) is 0.962. The first kappa shape index (κ1) is 15.7. The van der Waals surface area contributed by atoms with E-state index in [0.29, 0.717) is 11.8 Å². The van der Waals surface area contributed by atoms with Gasteiger partial charge in [0.25, 0.3) is 0 Å². The first-order valence-electron chi connectivity index (χ1n) is 6.82. The molecule has 0 saturated carbocycles. The molecule has 2 fully saturated rings. The lowest BCUT2D eigenvalue weighted by molar-refractivity contribution is -0.135. The van der Waals surface area contributed by atoms with Gasteiger partial charge in [-0.25, -0.2) is 0 Å². The summed E-state index contributed by atoms with van der Waals surface area (Å²) in [4.78, 5) is 14.3. The third-order valence-electron chi connectivity index (χ3n) is 3.94. The molecule has 0 aliphatic carbocycles. The van der Waals surface area contributed by atoms with E-state index in [9.17, 15) is 4.79 Å². The maximum Gasteiger partial charge on any atom is 0.239 e. The summed E-state index contributed by atoms with van der Waals surface area (Å²) >= 11 is 0.